The van der Waals surface area contributed by atoms with Crippen LogP contribution in [0.3, 0.4) is 0 Å². The van der Waals surface area contributed by atoms with Crippen molar-refractivity contribution in [2.75, 3.05) is 20.2 Å². The van der Waals surface area contributed by atoms with Gasteiger partial charge in [0.25, 0.3) is 0 Å². The predicted molar refractivity (Wildman–Crippen MR) is 218 cm³/mol. The maximum absolute atomic E-state index is 13.5. The highest BCUT2D eigenvalue weighted by molar-refractivity contribution is 6.04. The third-order valence-electron chi connectivity index (χ3n) is 10.6. The van der Waals surface area contributed by atoms with Crippen LogP contribution in [0.5, 0.6) is 0 Å². The van der Waals surface area contributed by atoms with Crippen LogP contribution in [0.2, 0.25) is 0 Å². The van der Waals surface area contributed by atoms with E-state index in [9.17, 15) is 14.4 Å². The molecule has 1 aliphatic heterocycles. The number of alkyl carbamates (subject to hydrolysis) is 1. The van der Waals surface area contributed by atoms with Gasteiger partial charge in [-0.1, -0.05) is 112 Å². The summed E-state index contributed by atoms with van der Waals surface area (Å²) in [6, 6.07) is 30.2. The molecule has 0 aliphatic carbocycles. The molecule has 11 nitrogen and oxygen atoms in total. The summed E-state index contributed by atoms with van der Waals surface area (Å²) < 4.78 is 4.76. The van der Waals surface area contributed by atoms with Gasteiger partial charge < -0.3 is 29.8 Å². The van der Waals surface area contributed by atoms with Gasteiger partial charge in [0.1, 0.15) is 17.7 Å². The van der Waals surface area contributed by atoms with Gasteiger partial charge in [-0.05, 0) is 58.2 Å². The second kappa shape index (κ2) is 17.1. The number of carbonyl (C=O) groups excluding carboxylic acids is 3. The monoisotopic (exact) mass is 751 g/mol. The Morgan fingerprint density at radius 1 is 0.857 bits per heavy atom. The average Bonchev–Trinajstić information content (AvgIpc) is 4.01. The summed E-state index contributed by atoms with van der Waals surface area (Å²) in [7, 11) is 1.29. The number of aromatic amines is 2. The molecule has 3 amide bonds. The summed E-state index contributed by atoms with van der Waals surface area (Å²) in [6.45, 7) is 7.36. The average molecular weight is 752 g/mol. The number of carbonyl (C=O) groups is 3. The van der Waals surface area contributed by atoms with Crippen LogP contribution >= 0.6 is 0 Å². The first-order valence-electron chi connectivity index (χ1n) is 19.4. The molecule has 3 N–H and O–H groups in total. The van der Waals surface area contributed by atoms with Gasteiger partial charge in [0.05, 0.1) is 49.9 Å². The molecule has 3 heterocycles. The molecule has 2 atom stereocenters. The molecular weight excluding hydrogens is 703 g/mol. The number of aromatic nitrogens is 4. The van der Waals surface area contributed by atoms with Gasteiger partial charge in [0.2, 0.25) is 11.8 Å². The Labute approximate surface area is 327 Å². The molecule has 4 aromatic carbocycles. The molecule has 0 radical (unpaired) electrons. The van der Waals surface area contributed by atoms with Crippen molar-refractivity contribution < 1.29 is 19.1 Å². The number of amides is 3. The number of nitrogens with zero attached hydrogens (tertiary/aromatic N) is 4. The van der Waals surface area contributed by atoms with Crippen LogP contribution < -0.4 is 5.32 Å². The van der Waals surface area contributed by atoms with E-state index in [-0.39, 0.29) is 30.3 Å². The summed E-state index contributed by atoms with van der Waals surface area (Å²) in [5.74, 6) is 1.32. The van der Waals surface area contributed by atoms with E-state index in [0.717, 1.165) is 81.6 Å². The molecule has 1 saturated heterocycles. The normalized spacial score (nSPS) is 14.6. The van der Waals surface area contributed by atoms with Gasteiger partial charge in [-0.2, -0.15) is 0 Å². The van der Waals surface area contributed by atoms with Gasteiger partial charge in [-0.3, -0.25) is 9.59 Å². The fourth-order valence-electron chi connectivity index (χ4n) is 7.68. The van der Waals surface area contributed by atoms with Crippen LogP contribution in [-0.2, 0) is 27.3 Å². The first-order valence-corrected chi connectivity index (χ1v) is 19.4. The third kappa shape index (κ3) is 8.22. The maximum atomic E-state index is 13.5. The minimum absolute atomic E-state index is 0.0692. The van der Waals surface area contributed by atoms with E-state index in [0.29, 0.717) is 18.8 Å². The van der Waals surface area contributed by atoms with Crippen LogP contribution in [-0.4, -0.2) is 73.9 Å². The van der Waals surface area contributed by atoms with E-state index in [1.54, 1.807) is 11.1 Å². The molecule has 6 aromatic rings. The van der Waals surface area contributed by atoms with Crippen LogP contribution in [0.25, 0.3) is 44.4 Å². The quantitative estimate of drug-likeness (QED) is 0.109. The molecule has 1 aliphatic rings. The van der Waals surface area contributed by atoms with Crippen molar-refractivity contribution in [2.24, 2.45) is 5.92 Å². The van der Waals surface area contributed by atoms with Crippen LogP contribution in [0.4, 0.5) is 4.79 Å². The summed E-state index contributed by atoms with van der Waals surface area (Å²) in [5, 5.41) is 4.92. The second-order valence-corrected chi connectivity index (χ2v) is 14.7. The number of ether oxygens (including phenoxy) is 1. The molecular formula is C45H49N7O4. The van der Waals surface area contributed by atoms with Crippen molar-refractivity contribution in [3.63, 3.8) is 0 Å². The van der Waals surface area contributed by atoms with Crippen LogP contribution in [0, 0.1) is 5.92 Å². The smallest absolute Gasteiger partial charge is 0.407 e. The number of rotatable bonds is 13. The Balaban J connectivity index is 1.07. The maximum Gasteiger partial charge on any atom is 0.407 e. The van der Waals surface area contributed by atoms with Crippen molar-refractivity contribution >= 4 is 28.7 Å². The Hall–Kier alpha value is -6.23. The molecule has 0 bridgehead atoms. The zero-order chi connectivity index (χ0) is 39.2. The van der Waals surface area contributed by atoms with E-state index in [1.807, 2.05) is 62.2 Å². The highest BCUT2D eigenvalue weighted by Gasteiger charge is 2.32. The molecule has 2 unspecified atom stereocenters. The summed E-state index contributed by atoms with van der Waals surface area (Å²) in [4.78, 5) is 58.9. The third-order valence-corrected chi connectivity index (χ3v) is 10.6. The number of hydrogen-bond acceptors (Lipinski definition) is 6. The number of hydrogen-bond donors (Lipinski definition) is 3. The van der Waals surface area contributed by atoms with Crippen molar-refractivity contribution in [3.8, 4) is 33.6 Å². The lowest BCUT2D eigenvalue weighted by Gasteiger charge is -2.28. The zero-order valence-corrected chi connectivity index (χ0v) is 32.4. The lowest BCUT2D eigenvalue weighted by molar-refractivity contribution is -0.135. The highest BCUT2D eigenvalue weighted by Crippen LogP contribution is 2.37. The largest absolute Gasteiger partial charge is 0.453 e. The first kappa shape index (κ1) is 38.1. The molecule has 7 rings (SSSR count). The number of fused-ring (bicyclic) bond motifs is 1. The van der Waals surface area contributed by atoms with Crippen molar-refractivity contribution in [1.29, 1.82) is 0 Å². The predicted octanol–water partition coefficient (Wildman–Crippen LogP) is 8.31. The SMILES string of the molecule is CCCN(Cc1ncc(-c2ccc(-c3ccc(-c4cnc(C5CCCN5C(=O)Cc5ccccc5)[nH]4)c4ccccc34)cc2)[nH]1)C(=O)C(NC(=O)OC)C(C)C. The molecule has 56 heavy (non-hydrogen) atoms. The summed E-state index contributed by atoms with van der Waals surface area (Å²) in [6.07, 6.45) is 6.04. The lowest BCUT2D eigenvalue weighted by atomic mass is 9.93. The molecule has 11 heteroatoms. The minimum Gasteiger partial charge on any atom is -0.453 e. The number of methoxy groups -OCH3 is 1. The Bertz CT molecular complexity index is 2300. The van der Waals surface area contributed by atoms with Crippen LogP contribution in [0.1, 0.15) is 63.3 Å². The fraction of sp³-hybridized carbons (Fsp3) is 0.311. The number of H-pyrrole nitrogens is 2. The zero-order valence-electron chi connectivity index (χ0n) is 32.4. The first-order chi connectivity index (χ1) is 27.2. The van der Waals surface area contributed by atoms with Gasteiger partial charge in [-0.15, -0.1) is 0 Å². The summed E-state index contributed by atoms with van der Waals surface area (Å²) >= 11 is 0. The van der Waals surface area contributed by atoms with E-state index in [4.69, 9.17) is 9.72 Å². The standard InChI is InChI=1S/C45H49N7O4/c1-5-23-51(44(54)42(29(2)3)50-45(55)56-4)28-40-46-26-37(48-40)32-19-17-31(18-20-32)33-21-22-36(35-15-10-9-14-34(33)35)38-27-47-43(49-38)39-16-11-24-52(39)41(53)25-30-12-7-6-8-13-30/h6-10,12-15,17-22,26-27,29,39,42H,5,11,16,23-25,28H2,1-4H3,(H,46,48)(H,47,49)(H,50,55). The van der Waals surface area contributed by atoms with Gasteiger partial charge in [-0.25, -0.2) is 14.8 Å². The number of nitrogens with one attached hydrogen (secondary N) is 3. The minimum atomic E-state index is -0.705. The fourth-order valence-corrected chi connectivity index (χ4v) is 7.68. The van der Waals surface area contributed by atoms with E-state index < -0.39 is 12.1 Å². The molecule has 0 saturated carbocycles. The van der Waals surface area contributed by atoms with E-state index in [2.05, 4.69) is 80.9 Å². The Morgan fingerprint density at radius 2 is 1.54 bits per heavy atom. The van der Waals surface area contributed by atoms with Crippen molar-refractivity contribution in [3.05, 3.63) is 121 Å². The molecule has 0 spiro atoms. The van der Waals surface area contributed by atoms with Crippen molar-refractivity contribution in [2.45, 2.75) is 65.1 Å². The van der Waals surface area contributed by atoms with Crippen molar-refractivity contribution in [1.82, 2.24) is 35.1 Å². The molecule has 288 valence electrons. The Kier molecular flexibility index (Phi) is 11.6. The molecule has 2 aromatic heterocycles. The Morgan fingerprint density at radius 3 is 2.25 bits per heavy atom. The number of imidazole rings is 2. The van der Waals surface area contributed by atoms with Gasteiger partial charge in [0.15, 0.2) is 0 Å². The summed E-state index contributed by atoms with van der Waals surface area (Å²) in [5.41, 5.74) is 7.02. The highest BCUT2D eigenvalue weighted by atomic mass is 16.5. The lowest BCUT2D eigenvalue weighted by Crippen LogP contribution is -2.51. The van der Waals surface area contributed by atoms with Gasteiger partial charge >= 0.3 is 6.09 Å². The van der Waals surface area contributed by atoms with Gasteiger partial charge in [0, 0.05) is 18.7 Å². The van der Waals surface area contributed by atoms with E-state index in [1.165, 1.54) is 7.11 Å². The topological polar surface area (TPSA) is 136 Å². The second-order valence-electron chi connectivity index (χ2n) is 14.7. The number of benzene rings is 4. The number of likely N-dealkylation sites (tertiary alicyclic amines) is 1. The van der Waals surface area contributed by atoms with Crippen LogP contribution in [0.15, 0.2) is 103 Å². The molecule has 1 fully saturated rings. The van der Waals surface area contributed by atoms with E-state index >= 15 is 0 Å².